The van der Waals surface area contributed by atoms with E-state index in [1.54, 1.807) is 6.26 Å². The van der Waals surface area contributed by atoms with Crippen LogP contribution in [-0.4, -0.2) is 64.1 Å². The Morgan fingerprint density at radius 3 is 1.42 bits per heavy atom. The summed E-state index contributed by atoms with van der Waals surface area (Å²) >= 11 is 0. The first-order valence-corrected chi connectivity index (χ1v) is 24.6. The molecule has 0 aliphatic heterocycles. The van der Waals surface area contributed by atoms with Gasteiger partial charge in [-0.3, -0.25) is 9.36 Å². The highest BCUT2D eigenvalue weighted by molar-refractivity contribution is 7.45. The van der Waals surface area contributed by atoms with Gasteiger partial charge in [-0.15, -0.1) is 0 Å². The molecule has 0 aromatic rings. The molecule has 0 spiro atoms. The second kappa shape index (κ2) is 39.6. The molecule has 0 saturated carbocycles. The maximum Gasteiger partial charge on any atom is 0.306 e. The number of allylic oxidation sites excluding steroid dienone is 3. The zero-order chi connectivity index (χ0) is 40.6. The van der Waals surface area contributed by atoms with Crippen LogP contribution in [0, 0.1) is 0 Å². The van der Waals surface area contributed by atoms with E-state index >= 15 is 0 Å². The van der Waals surface area contributed by atoms with Gasteiger partial charge in [0.2, 0.25) is 0 Å². The number of phosphoric acid groups is 1. The van der Waals surface area contributed by atoms with Crippen molar-refractivity contribution in [2.75, 3.05) is 47.5 Å². The number of phosphoric ester groups is 1. The Morgan fingerprint density at radius 2 is 0.964 bits per heavy atom. The molecule has 0 aliphatic rings. The van der Waals surface area contributed by atoms with Gasteiger partial charge >= 0.3 is 5.97 Å². The quantitative estimate of drug-likeness (QED) is 0.0151. The Kier molecular flexibility index (Phi) is 38.8. The molecular weight excluding hydrogens is 709 g/mol. The predicted octanol–water partition coefficient (Wildman–Crippen LogP) is 13.3. The highest BCUT2D eigenvalue weighted by atomic mass is 31.2. The minimum Gasteiger partial charge on any atom is -0.756 e. The number of nitrogens with zero attached hydrogens (tertiary/aromatic N) is 1. The zero-order valence-electron chi connectivity index (χ0n) is 36.9. The van der Waals surface area contributed by atoms with Crippen molar-refractivity contribution in [1.82, 2.24) is 0 Å². The van der Waals surface area contributed by atoms with E-state index < -0.39 is 13.9 Å². The lowest BCUT2D eigenvalue weighted by Gasteiger charge is -2.28. The Labute approximate surface area is 341 Å². The van der Waals surface area contributed by atoms with Gasteiger partial charge in [0, 0.05) is 6.42 Å². The van der Waals surface area contributed by atoms with Crippen molar-refractivity contribution >= 4 is 13.8 Å². The summed E-state index contributed by atoms with van der Waals surface area (Å²) in [6, 6.07) is 0. The molecule has 0 fully saturated rings. The van der Waals surface area contributed by atoms with Gasteiger partial charge in [-0.2, -0.15) is 0 Å². The van der Waals surface area contributed by atoms with Gasteiger partial charge in [-0.1, -0.05) is 174 Å². The van der Waals surface area contributed by atoms with Gasteiger partial charge in [0.15, 0.2) is 6.10 Å². The molecule has 9 heteroatoms. The lowest BCUT2D eigenvalue weighted by Crippen LogP contribution is -2.37. The maximum absolute atomic E-state index is 12.7. The molecule has 0 amide bonds. The second-order valence-electron chi connectivity index (χ2n) is 16.8. The predicted molar refractivity (Wildman–Crippen MR) is 231 cm³/mol. The van der Waals surface area contributed by atoms with Crippen molar-refractivity contribution < 1.29 is 37.3 Å². The zero-order valence-corrected chi connectivity index (χ0v) is 37.8. The van der Waals surface area contributed by atoms with E-state index in [1.807, 2.05) is 27.2 Å². The van der Waals surface area contributed by atoms with Crippen molar-refractivity contribution in [3.63, 3.8) is 0 Å². The maximum atomic E-state index is 12.7. The summed E-state index contributed by atoms with van der Waals surface area (Å²) in [5.74, 6) is -0.354. The molecule has 0 aromatic heterocycles. The van der Waals surface area contributed by atoms with E-state index in [2.05, 4.69) is 26.0 Å². The summed E-state index contributed by atoms with van der Waals surface area (Å²) in [5.41, 5.74) is 0. The lowest BCUT2D eigenvalue weighted by atomic mass is 10.0. The number of ether oxygens (including phenoxy) is 2. The minimum atomic E-state index is -4.54. The molecule has 2 atom stereocenters. The first kappa shape index (κ1) is 53.8. The van der Waals surface area contributed by atoms with Crippen LogP contribution in [0.3, 0.4) is 0 Å². The SMILES string of the molecule is CCCCCC/C=C\CCCCCCCC/C=C\OC[C@H](COP(=O)([O-])OCC[N+](C)(C)C)OC(=O)CCCCCCCCCCCCCCCCCCC. The number of unbranched alkanes of at least 4 members (excludes halogenated alkanes) is 27. The molecule has 1 unspecified atom stereocenters. The van der Waals surface area contributed by atoms with Gasteiger partial charge in [-0.05, 0) is 51.0 Å². The van der Waals surface area contributed by atoms with Crippen LogP contribution >= 0.6 is 7.82 Å². The Hall–Kier alpha value is -1.18. The smallest absolute Gasteiger partial charge is 0.306 e. The van der Waals surface area contributed by atoms with Crippen LogP contribution in [0.1, 0.15) is 213 Å². The summed E-state index contributed by atoms with van der Waals surface area (Å²) in [4.78, 5) is 25.1. The van der Waals surface area contributed by atoms with Crippen LogP contribution in [0.15, 0.2) is 24.5 Å². The molecule has 0 saturated heterocycles. The number of rotatable bonds is 43. The monoisotopic (exact) mass is 800 g/mol. The Balaban J connectivity index is 4.24. The summed E-state index contributed by atoms with van der Waals surface area (Å²) in [6.45, 7) is 4.74. The average molecular weight is 800 g/mol. The molecule has 0 radical (unpaired) electrons. The van der Waals surface area contributed by atoms with E-state index in [4.69, 9.17) is 18.5 Å². The first-order valence-electron chi connectivity index (χ1n) is 23.1. The summed E-state index contributed by atoms with van der Waals surface area (Å²) < 4.78 is 34.4. The third-order valence-corrected chi connectivity index (χ3v) is 11.0. The van der Waals surface area contributed by atoms with Crippen molar-refractivity contribution in [3.05, 3.63) is 24.5 Å². The van der Waals surface area contributed by atoms with Gasteiger partial charge in [-0.25, -0.2) is 0 Å². The normalized spacial score (nSPS) is 13.9. The van der Waals surface area contributed by atoms with Crippen molar-refractivity contribution in [2.45, 2.75) is 219 Å². The van der Waals surface area contributed by atoms with Crippen LogP contribution in [0.5, 0.6) is 0 Å². The van der Waals surface area contributed by atoms with Crippen LogP contribution in [0.25, 0.3) is 0 Å². The first-order chi connectivity index (χ1) is 26.6. The van der Waals surface area contributed by atoms with Crippen LogP contribution in [0.2, 0.25) is 0 Å². The molecule has 0 heterocycles. The van der Waals surface area contributed by atoms with Crippen molar-refractivity contribution in [3.8, 4) is 0 Å². The van der Waals surface area contributed by atoms with E-state index in [0.29, 0.717) is 17.4 Å². The fourth-order valence-electron chi connectivity index (χ4n) is 6.45. The van der Waals surface area contributed by atoms with E-state index in [1.165, 1.54) is 161 Å². The highest BCUT2D eigenvalue weighted by Gasteiger charge is 2.20. The van der Waals surface area contributed by atoms with Crippen LogP contribution in [0.4, 0.5) is 0 Å². The van der Waals surface area contributed by atoms with Crippen molar-refractivity contribution in [1.29, 1.82) is 0 Å². The fraction of sp³-hybridized carbons (Fsp3) is 0.891. The highest BCUT2D eigenvalue weighted by Crippen LogP contribution is 2.38. The number of carbonyl (C=O) groups is 1. The van der Waals surface area contributed by atoms with Gasteiger partial charge in [0.05, 0.1) is 34.0 Å². The van der Waals surface area contributed by atoms with Crippen molar-refractivity contribution in [2.24, 2.45) is 0 Å². The van der Waals surface area contributed by atoms with Gasteiger partial charge < -0.3 is 27.9 Å². The molecule has 55 heavy (non-hydrogen) atoms. The molecule has 0 rings (SSSR count). The lowest BCUT2D eigenvalue weighted by molar-refractivity contribution is -0.870. The Bertz CT molecular complexity index is 936. The van der Waals surface area contributed by atoms with E-state index in [0.717, 1.165) is 32.1 Å². The molecule has 0 aromatic carbocycles. The number of quaternary nitrogens is 1. The number of likely N-dealkylation sites (N-methyl/N-ethyl adjacent to an activating group) is 1. The van der Waals surface area contributed by atoms with E-state index in [-0.39, 0.29) is 25.8 Å². The molecule has 8 nitrogen and oxygen atoms in total. The summed E-state index contributed by atoms with van der Waals surface area (Å²) in [6.07, 6.45) is 45.7. The van der Waals surface area contributed by atoms with Gasteiger partial charge in [0.1, 0.15) is 19.8 Å². The summed E-state index contributed by atoms with van der Waals surface area (Å²) in [7, 11) is 1.33. The molecule has 326 valence electrons. The molecular formula is C46H90NO7P. The molecule has 0 aliphatic carbocycles. The van der Waals surface area contributed by atoms with Crippen LogP contribution in [-0.2, 0) is 27.9 Å². The number of hydrogen-bond donors (Lipinski definition) is 0. The fourth-order valence-corrected chi connectivity index (χ4v) is 7.18. The van der Waals surface area contributed by atoms with E-state index in [9.17, 15) is 14.3 Å². The number of carbonyl (C=O) groups excluding carboxylic acids is 1. The number of hydrogen-bond acceptors (Lipinski definition) is 7. The number of esters is 1. The third-order valence-electron chi connectivity index (χ3n) is 10.1. The van der Waals surface area contributed by atoms with Gasteiger partial charge in [0.25, 0.3) is 7.82 Å². The standard InChI is InChI=1S/C46H90NO7P/c1-6-8-10-12-14-16-18-20-22-24-25-27-29-31-33-35-37-39-46(48)54-45(44-53-55(49,50)52-42-40-47(3,4)5)43-51-41-38-36-34-32-30-28-26-23-21-19-17-15-13-11-9-7-2/h17,19,38,41,45H,6-16,18,20-37,39-40,42-44H2,1-5H3/b19-17-,41-38-/t45-/m1/s1. The molecule has 0 N–H and O–H groups in total. The Morgan fingerprint density at radius 1 is 0.564 bits per heavy atom. The minimum absolute atomic E-state index is 0.0177. The topological polar surface area (TPSA) is 94.1 Å². The molecule has 0 bridgehead atoms. The second-order valence-corrected chi connectivity index (χ2v) is 18.2. The van der Waals surface area contributed by atoms with Crippen LogP contribution < -0.4 is 4.89 Å². The third kappa shape index (κ3) is 43.8. The largest absolute Gasteiger partial charge is 0.756 e. The average Bonchev–Trinajstić information content (AvgIpc) is 3.13. The summed E-state index contributed by atoms with van der Waals surface area (Å²) in [5, 5.41) is 0.